The van der Waals surface area contributed by atoms with Crippen LogP contribution in [-0.2, 0) is 0 Å². The Kier molecular flexibility index (Phi) is 13.3. The van der Waals surface area contributed by atoms with Gasteiger partial charge in [-0.05, 0) is 6.54 Å². The summed E-state index contributed by atoms with van der Waals surface area (Å²) in [6.45, 7) is 5.57. The second-order valence-corrected chi connectivity index (χ2v) is 1.95. The van der Waals surface area contributed by atoms with Crippen LogP contribution in [0, 0.1) is 0 Å². The fraction of sp³-hybridized carbons (Fsp3) is 1.00. The summed E-state index contributed by atoms with van der Waals surface area (Å²) in [5.41, 5.74) is 5.31. The summed E-state index contributed by atoms with van der Waals surface area (Å²) in [6.07, 6.45) is 0. The standard InChI is InChI=1S/C6H16N2O.Na.H/c1-2-8(4-3-7)5-6-9;;/h9H,2-7H2,1H3;;. The van der Waals surface area contributed by atoms with Gasteiger partial charge in [-0.1, -0.05) is 6.92 Å². The van der Waals surface area contributed by atoms with Crippen LogP contribution in [0.2, 0.25) is 0 Å². The monoisotopic (exact) mass is 156 g/mol. The molecule has 3 nitrogen and oxygen atoms in total. The summed E-state index contributed by atoms with van der Waals surface area (Å²) in [7, 11) is 0. The van der Waals surface area contributed by atoms with E-state index in [9.17, 15) is 0 Å². The van der Waals surface area contributed by atoms with Crippen LogP contribution in [0.4, 0.5) is 0 Å². The van der Waals surface area contributed by atoms with Crippen molar-refractivity contribution in [2.45, 2.75) is 6.92 Å². The molecule has 0 aromatic heterocycles. The molecule has 0 saturated heterocycles. The van der Waals surface area contributed by atoms with Crippen molar-refractivity contribution in [2.75, 3.05) is 32.8 Å². The third-order valence-corrected chi connectivity index (χ3v) is 1.31. The Hall–Kier alpha value is 0.880. The summed E-state index contributed by atoms with van der Waals surface area (Å²) in [5.74, 6) is 0. The molecule has 0 rings (SSSR count). The van der Waals surface area contributed by atoms with Crippen LogP contribution in [-0.4, -0.2) is 72.3 Å². The number of aliphatic hydroxyl groups excluding tert-OH is 1. The molecule has 0 unspecified atom stereocenters. The van der Waals surface area contributed by atoms with Crippen molar-refractivity contribution in [1.82, 2.24) is 4.90 Å². The fourth-order valence-electron chi connectivity index (χ4n) is 0.752. The van der Waals surface area contributed by atoms with E-state index in [2.05, 4.69) is 11.8 Å². The topological polar surface area (TPSA) is 49.5 Å². The summed E-state index contributed by atoms with van der Waals surface area (Å²) >= 11 is 0. The van der Waals surface area contributed by atoms with Crippen LogP contribution in [0.5, 0.6) is 0 Å². The van der Waals surface area contributed by atoms with Crippen LogP contribution < -0.4 is 5.73 Å². The van der Waals surface area contributed by atoms with Gasteiger partial charge in [0.25, 0.3) is 0 Å². The van der Waals surface area contributed by atoms with Gasteiger partial charge in [0, 0.05) is 19.6 Å². The molecule has 0 aliphatic heterocycles. The fourth-order valence-corrected chi connectivity index (χ4v) is 0.752. The Morgan fingerprint density at radius 2 is 2.00 bits per heavy atom. The Balaban J connectivity index is 0. The minimum atomic E-state index is 0. The first kappa shape index (κ1) is 13.5. The summed E-state index contributed by atoms with van der Waals surface area (Å²) in [4.78, 5) is 2.11. The molecule has 0 atom stereocenters. The van der Waals surface area contributed by atoms with Crippen molar-refractivity contribution < 1.29 is 5.11 Å². The molecule has 0 fully saturated rings. The average Bonchev–Trinajstić information content (AvgIpc) is 1.88. The molecule has 4 heteroatoms. The van der Waals surface area contributed by atoms with Gasteiger partial charge < -0.3 is 15.7 Å². The number of hydrogen-bond acceptors (Lipinski definition) is 3. The van der Waals surface area contributed by atoms with E-state index in [0.29, 0.717) is 6.54 Å². The molecule has 0 spiro atoms. The van der Waals surface area contributed by atoms with Gasteiger partial charge in [-0.25, -0.2) is 0 Å². The molecule has 58 valence electrons. The zero-order chi connectivity index (χ0) is 7.11. The van der Waals surface area contributed by atoms with E-state index in [1.165, 1.54) is 0 Å². The number of rotatable bonds is 5. The van der Waals surface area contributed by atoms with Crippen molar-refractivity contribution in [1.29, 1.82) is 0 Å². The molecule has 0 radical (unpaired) electrons. The third-order valence-electron chi connectivity index (χ3n) is 1.31. The molecule has 10 heavy (non-hydrogen) atoms. The molecule has 0 aliphatic carbocycles. The SMILES string of the molecule is CCN(CCN)CCO.[NaH]. The van der Waals surface area contributed by atoms with Crippen LogP contribution in [0.15, 0.2) is 0 Å². The molecule has 0 heterocycles. The second-order valence-electron chi connectivity index (χ2n) is 1.95. The van der Waals surface area contributed by atoms with Crippen molar-refractivity contribution in [3.8, 4) is 0 Å². The van der Waals surface area contributed by atoms with E-state index in [1.54, 1.807) is 0 Å². The second kappa shape index (κ2) is 9.88. The first-order valence-electron chi connectivity index (χ1n) is 3.38. The van der Waals surface area contributed by atoms with E-state index in [4.69, 9.17) is 10.8 Å². The van der Waals surface area contributed by atoms with Crippen molar-refractivity contribution in [3.63, 3.8) is 0 Å². The first-order chi connectivity index (χ1) is 4.35. The molecule has 3 N–H and O–H groups in total. The number of hydrogen-bond donors (Lipinski definition) is 2. The van der Waals surface area contributed by atoms with Crippen LogP contribution in [0.1, 0.15) is 6.92 Å². The van der Waals surface area contributed by atoms with Gasteiger partial charge in [0.2, 0.25) is 0 Å². The van der Waals surface area contributed by atoms with Gasteiger partial charge in [0.05, 0.1) is 6.61 Å². The number of likely N-dealkylation sites (N-methyl/N-ethyl adjacent to an activating group) is 1. The normalized spacial score (nSPS) is 9.60. The quantitative estimate of drug-likeness (QED) is 0.482. The van der Waals surface area contributed by atoms with E-state index in [0.717, 1.165) is 19.6 Å². The average molecular weight is 156 g/mol. The van der Waals surface area contributed by atoms with Crippen molar-refractivity contribution in [2.24, 2.45) is 5.73 Å². The molecular weight excluding hydrogens is 139 g/mol. The van der Waals surface area contributed by atoms with E-state index >= 15 is 0 Å². The number of nitrogens with zero attached hydrogens (tertiary/aromatic N) is 1. The molecule has 0 bridgehead atoms. The minimum absolute atomic E-state index is 0. The summed E-state index contributed by atoms with van der Waals surface area (Å²) in [6, 6.07) is 0. The maximum atomic E-state index is 8.51. The molecule has 0 aromatic rings. The zero-order valence-corrected chi connectivity index (χ0v) is 6.01. The Bertz CT molecular complexity index is 57.7. The Morgan fingerprint density at radius 1 is 1.40 bits per heavy atom. The first-order valence-corrected chi connectivity index (χ1v) is 3.38. The van der Waals surface area contributed by atoms with Crippen molar-refractivity contribution in [3.05, 3.63) is 0 Å². The summed E-state index contributed by atoms with van der Waals surface area (Å²) in [5, 5.41) is 8.51. The van der Waals surface area contributed by atoms with Crippen LogP contribution in [0.3, 0.4) is 0 Å². The maximum absolute atomic E-state index is 8.51. The molecule has 0 aliphatic rings. The van der Waals surface area contributed by atoms with E-state index < -0.39 is 0 Å². The van der Waals surface area contributed by atoms with Gasteiger partial charge in [0.15, 0.2) is 0 Å². The van der Waals surface area contributed by atoms with Gasteiger partial charge in [-0.2, -0.15) is 0 Å². The predicted octanol–water partition coefficient (Wildman–Crippen LogP) is -1.39. The van der Waals surface area contributed by atoms with Gasteiger partial charge >= 0.3 is 29.6 Å². The number of aliphatic hydroxyl groups is 1. The Labute approximate surface area is 84.9 Å². The zero-order valence-electron chi connectivity index (χ0n) is 6.01. The molecule has 0 aromatic carbocycles. The van der Waals surface area contributed by atoms with Crippen LogP contribution >= 0.6 is 0 Å². The third kappa shape index (κ3) is 6.99. The Morgan fingerprint density at radius 3 is 2.30 bits per heavy atom. The predicted molar refractivity (Wildman–Crippen MR) is 45.4 cm³/mol. The van der Waals surface area contributed by atoms with Crippen LogP contribution in [0.25, 0.3) is 0 Å². The molecular formula is C6H17N2NaO. The molecule has 0 amide bonds. The van der Waals surface area contributed by atoms with Gasteiger partial charge in [-0.3, -0.25) is 0 Å². The van der Waals surface area contributed by atoms with E-state index in [-0.39, 0.29) is 36.2 Å². The van der Waals surface area contributed by atoms with Crippen molar-refractivity contribution >= 4 is 29.6 Å². The van der Waals surface area contributed by atoms with Gasteiger partial charge in [-0.15, -0.1) is 0 Å². The summed E-state index contributed by atoms with van der Waals surface area (Å²) < 4.78 is 0. The van der Waals surface area contributed by atoms with E-state index in [1.807, 2.05) is 0 Å². The van der Waals surface area contributed by atoms with Gasteiger partial charge in [0.1, 0.15) is 0 Å². The molecule has 0 saturated carbocycles. The number of nitrogens with two attached hydrogens (primary N) is 1.